The van der Waals surface area contributed by atoms with Crippen molar-refractivity contribution in [3.63, 3.8) is 0 Å². The first-order valence-electron chi connectivity index (χ1n) is 9.65. The Morgan fingerprint density at radius 3 is 2.25 bits per heavy atom. The number of alkyl halides is 3. The molecule has 1 unspecified atom stereocenters. The molecule has 3 rings (SSSR count). The van der Waals surface area contributed by atoms with E-state index in [-0.39, 0.29) is 11.6 Å². The number of nitrogens with one attached hydrogen (secondary N) is 1. The van der Waals surface area contributed by atoms with Crippen LogP contribution in [0.3, 0.4) is 0 Å². The molecule has 1 fully saturated rings. The zero-order valence-corrected chi connectivity index (χ0v) is 16.4. The molecule has 0 amide bonds. The predicted octanol–water partition coefficient (Wildman–Crippen LogP) is 7.44. The van der Waals surface area contributed by atoms with Crippen LogP contribution in [0, 0.1) is 5.41 Å². The van der Waals surface area contributed by atoms with E-state index in [0.717, 1.165) is 43.0 Å². The first-order chi connectivity index (χ1) is 13.4. The summed E-state index contributed by atoms with van der Waals surface area (Å²) in [5, 5.41) is 7.78. The highest BCUT2D eigenvalue weighted by atomic mass is 19.4. The molecule has 1 aliphatic heterocycles. The van der Waals surface area contributed by atoms with Crippen molar-refractivity contribution in [1.29, 1.82) is 5.41 Å². The highest BCUT2D eigenvalue weighted by Gasteiger charge is 2.34. The lowest BCUT2D eigenvalue weighted by atomic mass is 9.89. The van der Waals surface area contributed by atoms with Crippen molar-refractivity contribution >= 4 is 6.34 Å². The SMILES string of the molecule is C=C1CCCCC(c2ccccc2-c2ccccc2C(F)(F)F)N1C=N.CC. The second kappa shape index (κ2) is 9.58. The Morgan fingerprint density at radius 1 is 1.00 bits per heavy atom. The van der Waals surface area contributed by atoms with Crippen molar-refractivity contribution < 1.29 is 13.2 Å². The van der Waals surface area contributed by atoms with Gasteiger partial charge in [-0.3, -0.25) is 5.41 Å². The summed E-state index contributed by atoms with van der Waals surface area (Å²) in [5.41, 5.74) is 1.74. The summed E-state index contributed by atoms with van der Waals surface area (Å²) in [7, 11) is 0. The van der Waals surface area contributed by atoms with Crippen molar-refractivity contribution in [3.05, 3.63) is 71.9 Å². The molecule has 2 nitrogen and oxygen atoms in total. The Labute approximate surface area is 165 Å². The van der Waals surface area contributed by atoms with Gasteiger partial charge in [-0.15, -0.1) is 0 Å². The molecule has 0 bridgehead atoms. The maximum absolute atomic E-state index is 13.5. The zero-order valence-electron chi connectivity index (χ0n) is 16.4. The number of hydrogen-bond acceptors (Lipinski definition) is 1. The van der Waals surface area contributed by atoms with Crippen molar-refractivity contribution in [1.82, 2.24) is 4.90 Å². The molecule has 0 spiro atoms. The fourth-order valence-corrected chi connectivity index (χ4v) is 3.64. The van der Waals surface area contributed by atoms with E-state index >= 15 is 0 Å². The molecule has 5 heteroatoms. The summed E-state index contributed by atoms with van der Waals surface area (Å²) in [4.78, 5) is 1.79. The average molecular weight is 388 g/mol. The van der Waals surface area contributed by atoms with Crippen LogP contribution in [0.25, 0.3) is 11.1 Å². The minimum absolute atomic E-state index is 0.176. The smallest absolute Gasteiger partial charge is 0.330 e. The van der Waals surface area contributed by atoms with E-state index in [1.54, 1.807) is 23.1 Å². The Balaban J connectivity index is 0.00000136. The van der Waals surface area contributed by atoms with E-state index in [9.17, 15) is 13.2 Å². The second-order valence-corrected chi connectivity index (χ2v) is 6.49. The number of rotatable bonds is 3. The third-order valence-corrected chi connectivity index (χ3v) is 4.88. The van der Waals surface area contributed by atoms with Gasteiger partial charge in [-0.25, -0.2) is 0 Å². The number of hydrogen-bond donors (Lipinski definition) is 1. The summed E-state index contributed by atoms with van der Waals surface area (Å²) in [6.07, 6.45) is 0.319. The topological polar surface area (TPSA) is 27.1 Å². The molecule has 0 radical (unpaired) electrons. The third-order valence-electron chi connectivity index (χ3n) is 4.88. The molecule has 2 aromatic rings. The van der Waals surface area contributed by atoms with Crippen molar-refractivity contribution in [2.45, 2.75) is 51.7 Å². The van der Waals surface area contributed by atoms with Crippen LogP contribution in [-0.2, 0) is 6.18 Å². The van der Waals surface area contributed by atoms with Crippen LogP contribution in [0.2, 0.25) is 0 Å². The third kappa shape index (κ3) is 4.64. The zero-order chi connectivity index (χ0) is 20.7. The number of likely N-dealkylation sites (tertiary alicyclic amines) is 1. The van der Waals surface area contributed by atoms with E-state index < -0.39 is 11.7 Å². The van der Waals surface area contributed by atoms with E-state index in [1.165, 1.54) is 18.5 Å². The number of allylic oxidation sites excluding steroid dienone is 1. The highest BCUT2D eigenvalue weighted by molar-refractivity contribution is 5.72. The second-order valence-electron chi connectivity index (χ2n) is 6.49. The maximum Gasteiger partial charge on any atom is 0.417 e. The van der Waals surface area contributed by atoms with Gasteiger partial charge in [0, 0.05) is 5.70 Å². The van der Waals surface area contributed by atoms with Crippen LogP contribution in [0.1, 0.15) is 56.7 Å². The van der Waals surface area contributed by atoms with Crippen molar-refractivity contribution in [2.24, 2.45) is 0 Å². The minimum atomic E-state index is -4.42. The normalized spacial score (nSPS) is 17.4. The molecule has 28 heavy (non-hydrogen) atoms. The quantitative estimate of drug-likeness (QED) is 0.429. The van der Waals surface area contributed by atoms with Gasteiger partial charge in [0.15, 0.2) is 0 Å². The Bertz CT molecular complexity index is 811. The largest absolute Gasteiger partial charge is 0.417 e. The molecule has 1 heterocycles. The molecule has 1 aliphatic rings. The van der Waals surface area contributed by atoms with Gasteiger partial charge in [0.1, 0.15) is 0 Å². The first-order valence-corrected chi connectivity index (χ1v) is 9.65. The van der Waals surface area contributed by atoms with E-state index in [4.69, 9.17) is 5.41 Å². The Morgan fingerprint density at radius 2 is 1.61 bits per heavy atom. The van der Waals surface area contributed by atoms with Gasteiger partial charge in [-0.2, -0.15) is 13.2 Å². The lowest BCUT2D eigenvalue weighted by molar-refractivity contribution is -0.137. The highest BCUT2D eigenvalue weighted by Crippen LogP contribution is 2.42. The number of halogens is 3. The molecule has 2 aromatic carbocycles. The summed E-state index contributed by atoms with van der Waals surface area (Å²) in [6.45, 7) is 8.06. The summed E-state index contributed by atoms with van der Waals surface area (Å²) >= 11 is 0. The predicted molar refractivity (Wildman–Crippen MR) is 109 cm³/mol. The molecule has 0 saturated carbocycles. The van der Waals surface area contributed by atoms with E-state index in [2.05, 4.69) is 6.58 Å². The van der Waals surface area contributed by atoms with Crippen LogP contribution >= 0.6 is 0 Å². The summed E-state index contributed by atoms with van der Waals surface area (Å²) in [5.74, 6) is 0. The molecular weight excluding hydrogens is 361 g/mol. The molecular formula is C23H27F3N2. The van der Waals surface area contributed by atoms with E-state index in [1.807, 2.05) is 26.0 Å². The number of benzene rings is 2. The van der Waals surface area contributed by atoms with Crippen molar-refractivity contribution in [2.75, 3.05) is 0 Å². The van der Waals surface area contributed by atoms with Crippen LogP contribution in [0.15, 0.2) is 60.8 Å². The Kier molecular flexibility index (Phi) is 7.44. The monoisotopic (exact) mass is 388 g/mol. The maximum atomic E-state index is 13.5. The first kappa shape index (κ1) is 21.7. The van der Waals surface area contributed by atoms with Gasteiger partial charge in [0.2, 0.25) is 0 Å². The summed E-state index contributed by atoms with van der Waals surface area (Å²) < 4.78 is 40.6. The minimum Gasteiger partial charge on any atom is -0.330 e. The number of nitrogens with zero attached hydrogens (tertiary/aromatic N) is 1. The van der Waals surface area contributed by atoms with Gasteiger partial charge < -0.3 is 4.90 Å². The van der Waals surface area contributed by atoms with Crippen molar-refractivity contribution in [3.8, 4) is 11.1 Å². The average Bonchev–Trinajstić information content (AvgIpc) is 2.89. The van der Waals surface area contributed by atoms with Crippen LogP contribution in [0.4, 0.5) is 13.2 Å². The van der Waals surface area contributed by atoms with Gasteiger partial charge in [0.25, 0.3) is 0 Å². The molecule has 1 saturated heterocycles. The fourth-order valence-electron chi connectivity index (χ4n) is 3.64. The molecule has 1 N–H and O–H groups in total. The summed E-state index contributed by atoms with van der Waals surface area (Å²) in [6, 6.07) is 12.7. The van der Waals surface area contributed by atoms with Gasteiger partial charge in [-0.05, 0) is 42.0 Å². The Hall–Kier alpha value is -2.56. The van der Waals surface area contributed by atoms with Gasteiger partial charge >= 0.3 is 6.18 Å². The standard InChI is InChI=1S/C21H21F3N2.C2H6/c1-15-8-2-7-13-20(26(15)14-25)18-11-4-3-9-16(18)17-10-5-6-12-19(17)21(22,23)24;1-2/h3-6,9-12,14,20,25H,1-2,7-8,13H2;1-2H3. The lowest BCUT2D eigenvalue weighted by Gasteiger charge is -2.31. The van der Waals surface area contributed by atoms with E-state index in [0.29, 0.717) is 5.56 Å². The fraction of sp³-hybridized carbons (Fsp3) is 0.348. The van der Waals surface area contributed by atoms with Gasteiger partial charge in [-0.1, -0.05) is 69.3 Å². The lowest BCUT2D eigenvalue weighted by Crippen LogP contribution is -2.25. The molecule has 1 atom stereocenters. The van der Waals surface area contributed by atoms with Crippen LogP contribution < -0.4 is 0 Å². The van der Waals surface area contributed by atoms with Crippen LogP contribution in [-0.4, -0.2) is 11.2 Å². The molecule has 0 aliphatic carbocycles. The molecule has 150 valence electrons. The van der Waals surface area contributed by atoms with Crippen LogP contribution in [0.5, 0.6) is 0 Å². The molecule has 0 aromatic heterocycles. The van der Waals surface area contributed by atoms with Gasteiger partial charge in [0.05, 0.1) is 17.9 Å².